The van der Waals surface area contributed by atoms with Crippen molar-refractivity contribution in [2.75, 3.05) is 0 Å². The van der Waals surface area contributed by atoms with Crippen molar-refractivity contribution in [1.82, 2.24) is 4.98 Å². The van der Waals surface area contributed by atoms with Crippen LogP contribution in [0.2, 0.25) is 0 Å². The van der Waals surface area contributed by atoms with Crippen LogP contribution in [0.3, 0.4) is 0 Å². The molecule has 3 rings (SSSR count). The lowest BCUT2D eigenvalue weighted by Gasteiger charge is -2.09. The van der Waals surface area contributed by atoms with Crippen LogP contribution in [0.4, 0.5) is 13.2 Å². The Balaban J connectivity index is 2.21. The minimum atomic E-state index is -0.694. The number of pyridine rings is 1. The molecule has 0 saturated carbocycles. The summed E-state index contributed by atoms with van der Waals surface area (Å²) in [5.41, 5.74) is 0.212. The molecule has 0 unspecified atom stereocenters. The Morgan fingerprint density at radius 2 is 1.00 bits per heavy atom. The lowest BCUT2D eigenvalue weighted by atomic mass is 10.0. The first-order chi connectivity index (χ1) is 10.2. The minimum Gasteiger partial charge on any atom is -0.263 e. The van der Waals surface area contributed by atoms with Crippen molar-refractivity contribution in [3.05, 3.63) is 78.4 Å². The Morgan fingerprint density at radius 1 is 0.571 bits per heavy atom. The maximum atomic E-state index is 14.6. The fraction of sp³-hybridized carbons (Fsp3) is 0. The van der Waals surface area contributed by atoms with Gasteiger partial charge in [-0.05, 0) is 12.1 Å². The Bertz CT molecular complexity index is 736. The van der Waals surface area contributed by atoms with E-state index < -0.39 is 17.5 Å². The van der Waals surface area contributed by atoms with Gasteiger partial charge in [-0.2, -0.15) is 0 Å². The quantitative estimate of drug-likeness (QED) is 0.657. The van der Waals surface area contributed by atoms with Crippen LogP contribution in [0.1, 0.15) is 0 Å². The fourth-order valence-corrected chi connectivity index (χ4v) is 2.18. The zero-order valence-corrected chi connectivity index (χ0v) is 10.9. The summed E-state index contributed by atoms with van der Waals surface area (Å²) in [6.07, 6.45) is 2.47. The second-order valence-electron chi connectivity index (χ2n) is 4.51. The van der Waals surface area contributed by atoms with E-state index in [0.717, 1.165) is 0 Å². The third kappa shape index (κ3) is 2.40. The molecule has 0 atom stereocenters. The maximum absolute atomic E-state index is 14.6. The number of hydrogen-bond acceptors (Lipinski definition) is 1. The zero-order valence-electron chi connectivity index (χ0n) is 10.9. The van der Waals surface area contributed by atoms with Crippen molar-refractivity contribution < 1.29 is 13.2 Å². The van der Waals surface area contributed by atoms with Crippen LogP contribution in [-0.2, 0) is 0 Å². The molecule has 0 bridgehead atoms. The van der Waals surface area contributed by atoms with Crippen molar-refractivity contribution in [3.63, 3.8) is 0 Å². The first-order valence-corrected chi connectivity index (χ1v) is 6.32. The van der Waals surface area contributed by atoms with Gasteiger partial charge in [0.1, 0.15) is 17.5 Å². The number of benzene rings is 2. The van der Waals surface area contributed by atoms with Crippen molar-refractivity contribution in [3.8, 4) is 22.3 Å². The molecule has 1 nitrogen and oxygen atoms in total. The highest BCUT2D eigenvalue weighted by Gasteiger charge is 2.16. The van der Waals surface area contributed by atoms with Crippen molar-refractivity contribution in [2.24, 2.45) is 0 Å². The van der Waals surface area contributed by atoms with E-state index >= 15 is 0 Å². The number of nitrogens with zero attached hydrogens (tertiary/aromatic N) is 1. The molecule has 104 valence electrons. The van der Waals surface area contributed by atoms with E-state index in [1.807, 2.05) is 0 Å². The van der Waals surface area contributed by atoms with Gasteiger partial charge in [-0.25, -0.2) is 13.2 Å². The van der Waals surface area contributed by atoms with E-state index in [1.165, 1.54) is 48.8 Å². The van der Waals surface area contributed by atoms with Gasteiger partial charge in [-0.1, -0.05) is 36.4 Å². The van der Waals surface area contributed by atoms with E-state index in [1.54, 1.807) is 12.1 Å². The van der Waals surface area contributed by atoms with Gasteiger partial charge in [-0.3, -0.25) is 4.98 Å². The summed E-state index contributed by atoms with van der Waals surface area (Å²) in [5.74, 6) is -1.80. The predicted octanol–water partition coefficient (Wildman–Crippen LogP) is 4.83. The Labute approximate surface area is 119 Å². The van der Waals surface area contributed by atoms with E-state index in [2.05, 4.69) is 4.98 Å². The molecule has 1 heterocycles. The molecule has 0 spiro atoms. The highest BCUT2D eigenvalue weighted by Crippen LogP contribution is 2.32. The van der Waals surface area contributed by atoms with Crippen molar-refractivity contribution >= 4 is 0 Å². The second-order valence-corrected chi connectivity index (χ2v) is 4.51. The number of rotatable bonds is 2. The summed E-state index contributed by atoms with van der Waals surface area (Å²) in [7, 11) is 0. The third-order valence-electron chi connectivity index (χ3n) is 3.21. The summed E-state index contributed by atoms with van der Waals surface area (Å²) in [6.45, 7) is 0. The molecule has 0 saturated heterocycles. The van der Waals surface area contributed by atoms with Gasteiger partial charge in [0.25, 0.3) is 0 Å². The average Bonchev–Trinajstić information content (AvgIpc) is 2.49. The molecule has 0 aliphatic rings. The second kappa shape index (κ2) is 5.40. The first kappa shape index (κ1) is 13.4. The highest BCUT2D eigenvalue weighted by molar-refractivity contribution is 5.73. The van der Waals surface area contributed by atoms with Gasteiger partial charge in [-0.15, -0.1) is 0 Å². The Hall–Kier alpha value is -2.62. The molecular formula is C17H10F3N. The molecule has 3 aromatic rings. The molecule has 21 heavy (non-hydrogen) atoms. The molecule has 0 aliphatic heterocycles. The van der Waals surface area contributed by atoms with Crippen LogP contribution in [0.25, 0.3) is 22.3 Å². The van der Waals surface area contributed by atoms with Gasteiger partial charge in [0.15, 0.2) is 0 Å². The molecule has 0 fully saturated rings. The predicted molar refractivity (Wildman–Crippen MR) is 75.0 cm³/mol. The fourth-order valence-electron chi connectivity index (χ4n) is 2.18. The zero-order chi connectivity index (χ0) is 14.8. The normalized spacial score (nSPS) is 10.6. The van der Waals surface area contributed by atoms with Crippen LogP contribution in [-0.4, -0.2) is 4.98 Å². The first-order valence-electron chi connectivity index (χ1n) is 6.32. The summed E-state index contributed by atoms with van der Waals surface area (Å²) in [5, 5.41) is 0. The van der Waals surface area contributed by atoms with E-state index in [-0.39, 0.29) is 22.3 Å². The van der Waals surface area contributed by atoms with E-state index in [4.69, 9.17) is 0 Å². The smallest absolute Gasteiger partial charge is 0.142 e. The summed E-state index contributed by atoms with van der Waals surface area (Å²) in [4.78, 5) is 3.91. The maximum Gasteiger partial charge on any atom is 0.142 e. The topological polar surface area (TPSA) is 12.9 Å². The number of halogens is 3. The largest absolute Gasteiger partial charge is 0.263 e. The van der Waals surface area contributed by atoms with Crippen LogP contribution < -0.4 is 0 Å². The van der Waals surface area contributed by atoms with E-state index in [9.17, 15) is 13.2 Å². The molecule has 0 N–H and O–H groups in total. The molecule has 1 aromatic heterocycles. The van der Waals surface area contributed by atoms with Crippen LogP contribution >= 0.6 is 0 Å². The molecular weight excluding hydrogens is 275 g/mol. The highest BCUT2D eigenvalue weighted by atomic mass is 19.1. The number of hydrogen-bond donors (Lipinski definition) is 0. The molecule has 2 aromatic carbocycles. The van der Waals surface area contributed by atoms with Gasteiger partial charge in [0.05, 0.1) is 0 Å². The van der Waals surface area contributed by atoms with Crippen molar-refractivity contribution in [1.29, 1.82) is 0 Å². The Morgan fingerprint density at radius 3 is 1.43 bits per heavy atom. The summed E-state index contributed by atoms with van der Waals surface area (Å²) < 4.78 is 42.2. The van der Waals surface area contributed by atoms with Crippen LogP contribution in [0.15, 0.2) is 60.9 Å². The van der Waals surface area contributed by atoms with Gasteiger partial charge >= 0.3 is 0 Å². The third-order valence-corrected chi connectivity index (χ3v) is 3.21. The van der Waals surface area contributed by atoms with Crippen molar-refractivity contribution in [2.45, 2.75) is 0 Å². The van der Waals surface area contributed by atoms with Crippen LogP contribution in [0, 0.1) is 17.5 Å². The molecule has 0 radical (unpaired) electrons. The molecule has 4 heteroatoms. The minimum absolute atomic E-state index is 0.00820. The Kier molecular flexibility index (Phi) is 3.44. The monoisotopic (exact) mass is 285 g/mol. The lowest BCUT2D eigenvalue weighted by molar-refractivity contribution is 0.610. The van der Waals surface area contributed by atoms with Crippen LogP contribution in [0.5, 0.6) is 0 Å². The van der Waals surface area contributed by atoms with Gasteiger partial charge < -0.3 is 0 Å². The number of aromatic nitrogens is 1. The molecule has 0 aliphatic carbocycles. The summed E-state index contributed by atoms with van der Waals surface area (Å²) in [6, 6.07) is 11.6. The van der Waals surface area contributed by atoms with Gasteiger partial charge in [0, 0.05) is 34.6 Å². The SMILES string of the molecule is Fc1ccccc1-c1cncc(-c2ccccc2F)c1F. The standard InChI is InChI=1S/C17H10F3N/c18-15-7-3-1-5-11(15)13-9-21-10-14(17(13)20)12-6-2-4-8-16(12)19/h1-10H. The van der Waals surface area contributed by atoms with Gasteiger partial charge in [0.2, 0.25) is 0 Å². The molecule has 0 amide bonds. The lowest BCUT2D eigenvalue weighted by Crippen LogP contribution is -1.95. The summed E-state index contributed by atoms with van der Waals surface area (Å²) >= 11 is 0. The van der Waals surface area contributed by atoms with E-state index in [0.29, 0.717) is 0 Å². The average molecular weight is 285 g/mol.